The third kappa shape index (κ3) is 6.38. The minimum Gasteiger partial charge on any atom is -0.369 e. The number of benzene rings is 2. The Morgan fingerprint density at radius 1 is 0.913 bits per heavy atom. The van der Waals surface area contributed by atoms with Gasteiger partial charge in [0.2, 0.25) is 0 Å². The van der Waals surface area contributed by atoms with Crippen molar-refractivity contribution in [1.29, 1.82) is 0 Å². The summed E-state index contributed by atoms with van der Waals surface area (Å²) in [5.74, 6) is -0.914. The molecule has 0 bridgehead atoms. The summed E-state index contributed by atoms with van der Waals surface area (Å²) in [5.41, 5.74) is -6.13. The first-order valence-corrected chi connectivity index (χ1v) is 16.2. The molecule has 1 aliphatic heterocycles. The zero-order valence-electron chi connectivity index (χ0n) is 24.4. The fourth-order valence-electron chi connectivity index (χ4n) is 6.71. The van der Waals surface area contributed by atoms with E-state index < -0.39 is 45.4 Å². The number of ketones is 1. The molecule has 0 saturated heterocycles. The lowest BCUT2D eigenvalue weighted by Gasteiger charge is -2.39. The van der Waals surface area contributed by atoms with Crippen LogP contribution in [0.5, 0.6) is 0 Å². The van der Waals surface area contributed by atoms with E-state index in [9.17, 15) is 49.1 Å². The number of halogens is 7. The molecular weight excluding hydrogens is 641 g/mol. The normalized spacial score (nSPS) is 21.1. The molecule has 248 valence electrons. The van der Waals surface area contributed by atoms with Crippen molar-refractivity contribution in [1.82, 2.24) is 4.98 Å². The zero-order chi connectivity index (χ0) is 33.5. The summed E-state index contributed by atoms with van der Waals surface area (Å²) < 4.78 is 124. The summed E-state index contributed by atoms with van der Waals surface area (Å²) >= 11 is 0. The van der Waals surface area contributed by atoms with Gasteiger partial charge in [0, 0.05) is 30.8 Å². The van der Waals surface area contributed by atoms with Gasteiger partial charge in [-0.2, -0.15) is 26.3 Å². The number of Topliss-reactive ketones (excluding diaryl/α,β-unsaturated/α-hetero) is 1. The second-order valence-corrected chi connectivity index (χ2v) is 13.7. The highest BCUT2D eigenvalue weighted by Gasteiger charge is 2.71. The van der Waals surface area contributed by atoms with Crippen LogP contribution in [0.25, 0.3) is 0 Å². The highest BCUT2D eigenvalue weighted by atomic mass is 32.2. The molecule has 0 radical (unpaired) electrons. The van der Waals surface area contributed by atoms with Crippen LogP contribution < -0.4 is 4.31 Å². The van der Waals surface area contributed by atoms with Crippen LogP contribution in [-0.4, -0.2) is 42.7 Å². The Kier molecular flexibility index (Phi) is 9.26. The molecule has 0 amide bonds. The molecule has 1 fully saturated rings. The molecule has 1 aromatic heterocycles. The molecule has 2 aromatic carbocycles. The lowest BCUT2D eigenvalue weighted by Crippen LogP contribution is -2.54. The monoisotopic (exact) mass is 672 g/mol. The number of sulfonamides is 1. The van der Waals surface area contributed by atoms with E-state index in [1.165, 1.54) is 0 Å². The molecule has 3 aromatic rings. The number of rotatable bonds is 8. The van der Waals surface area contributed by atoms with E-state index in [1.807, 2.05) is 12.1 Å². The van der Waals surface area contributed by atoms with E-state index in [1.54, 1.807) is 12.4 Å². The molecular formula is C32H31F7N2O4S. The van der Waals surface area contributed by atoms with Crippen molar-refractivity contribution in [2.45, 2.75) is 86.2 Å². The Morgan fingerprint density at radius 3 is 2.22 bits per heavy atom. The van der Waals surface area contributed by atoms with Crippen molar-refractivity contribution in [3.8, 4) is 0 Å². The van der Waals surface area contributed by atoms with Crippen molar-refractivity contribution in [3.05, 3.63) is 89.5 Å². The van der Waals surface area contributed by atoms with Gasteiger partial charge in [0.05, 0.1) is 16.6 Å². The van der Waals surface area contributed by atoms with Crippen LogP contribution in [0.1, 0.15) is 67.6 Å². The zero-order valence-corrected chi connectivity index (χ0v) is 25.2. The number of hydrogen-bond acceptors (Lipinski definition) is 5. The second-order valence-electron chi connectivity index (χ2n) is 11.9. The van der Waals surface area contributed by atoms with E-state index >= 15 is 0 Å². The van der Waals surface area contributed by atoms with Crippen LogP contribution >= 0.6 is 0 Å². The van der Waals surface area contributed by atoms with Crippen molar-refractivity contribution in [2.24, 2.45) is 5.92 Å². The van der Waals surface area contributed by atoms with E-state index in [0.29, 0.717) is 12.1 Å². The van der Waals surface area contributed by atoms with E-state index in [2.05, 4.69) is 4.98 Å². The molecule has 0 spiro atoms. The van der Waals surface area contributed by atoms with E-state index in [4.69, 9.17) is 0 Å². The Balaban J connectivity index is 1.50. The number of alkyl halides is 6. The molecule has 2 aliphatic rings. The number of hydrogen-bond donors (Lipinski definition) is 1. The third-order valence-corrected chi connectivity index (χ3v) is 10.9. The summed E-state index contributed by atoms with van der Waals surface area (Å²) in [5, 5.41) is 9.95. The summed E-state index contributed by atoms with van der Waals surface area (Å²) in [4.78, 5) is 17.4. The minimum absolute atomic E-state index is 0.0199. The van der Waals surface area contributed by atoms with Crippen LogP contribution in [0, 0.1) is 11.7 Å². The molecule has 1 saturated carbocycles. The fourth-order valence-corrected chi connectivity index (χ4v) is 8.42. The van der Waals surface area contributed by atoms with Gasteiger partial charge >= 0.3 is 12.4 Å². The van der Waals surface area contributed by atoms with Crippen LogP contribution in [-0.2, 0) is 26.8 Å². The van der Waals surface area contributed by atoms with Gasteiger partial charge in [-0.25, -0.2) is 12.8 Å². The largest absolute Gasteiger partial charge is 0.430 e. The predicted octanol–water partition coefficient (Wildman–Crippen LogP) is 7.37. The SMILES string of the molecule is O=C(C[C@H]1CCCC[C@H]1c1cccnc1)C[C@@H]1CCc2cc(C(O)(C(F)(F)F)C(F)(F)F)ccc2N1S(=O)(=O)c1ccc(F)cc1. The predicted molar refractivity (Wildman–Crippen MR) is 154 cm³/mol. The van der Waals surface area contributed by atoms with Gasteiger partial charge in [-0.1, -0.05) is 31.0 Å². The number of aryl methyl sites for hydroxylation is 1. The van der Waals surface area contributed by atoms with Gasteiger partial charge in [0.15, 0.2) is 0 Å². The molecule has 0 unspecified atom stereocenters. The van der Waals surface area contributed by atoms with Crippen molar-refractivity contribution >= 4 is 21.5 Å². The number of carbonyl (C=O) groups excluding carboxylic acids is 1. The van der Waals surface area contributed by atoms with Gasteiger partial charge in [-0.3, -0.25) is 14.1 Å². The quantitative estimate of drug-likeness (QED) is 0.253. The first kappa shape index (κ1) is 33.8. The highest BCUT2D eigenvalue weighted by Crippen LogP contribution is 2.51. The van der Waals surface area contributed by atoms with Gasteiger partial charge in [0.1, 0.15) is 11.6 Å². The molecule has 1 N–H and O–H groups in total. The number of carbonyl (C=O) groups is 1. The maximum atomic E-state index is 14.0. The first-order chi connectivity index (χ1) is 21.5. The second kappa shape index (κ2) is 12.6. The van der Waals surface area contributed by atoms with Crippen molar-refractivity contribution in [2.75, 3.05) is 4.31 Å². The van der Waals surface area contributed by atoms with Gasteiger partial charge in [-0.15, -0.1) is 0 Å². The first-order valence-electron chi connectivity index (χ1n) is 14.7. The average molecular weight is 673 g/mol. The molecule has 1 aliphatic carbocycles. The lowest BCUT2D eigenvalue weighted by atomic mass is 9.73. The summed E-state index contributed by atoms with van der Waals surface area (Å²) in [6.45, 7) is 0. The summed E-state index contributed by atoms with van der Waals surface area (Å²) in [6.07, 6.45) is -5.69. The topological polar surface area (TPSA) is 87.6 Å². The standard InChI is InChI=1S/C32H31F7N2O4S/c33-24-9-12-27(13-10-24)46(44,45)41-25(18-26(42)17-20-4-1-2-6-28(20)22-5-3-15-40-19-22)11-7-21-16-23(8-14-29(21)41)30(43,31(34,35)36)32(37,38)39/h3,5,8-10,12-16,19-20,25,28,43H,1-2,4,6-7,11,17-18H2/t20-,25+,28-/m1/s1. The number of aromatic nitrogens is 1. The van der Waals surface area contributed by atoms with Gasteiger partial charge < -0.3 is 5.11 Å². The average Bonchev–Trinajstić information content (AvgIpc) is 3.00. The van der Waals surface area contributed by atoms with E-state index in [-0.39, 0.29) is 59.4 Å². The van der Waals surface area contributed by atoms with Crippen LogP contribution in [0.15, 0.2) is 71.9 Å². The van der Waals surface area contributed by atoms with Gasteiger partial charge in [-0.05, 0) is 85.0 Å². The van der Waals surface area contributed by atoms with Crippen LogP contribution in [0.2, 0.25) is 0 Å². The van der Waals surface area contributed by atoms with Crippen molar-refractivity contribution in [3.63, 3.8) is 0 Å². The summed E-state index contributed by atoms with van der Waals surface area (Å²) in [7, 11) is -4.58. The Bertz CT molecular complexity index is 1650. The third-order valence-electron chi connectivity index (χ3n) is 8.98. The number of fused-ring (bicyclic) bond motifs is 1. The molecule has 3 atom stereocenters. The molecule has 46 heavy (non-hydrogen) atoms. The Morgan fingerprint density at radius 2 is 1.59 bits per heavy atom. The number of aliphatic hydroxyl groups is 1. The van der Waals surface area contributed by atoms with E-state index in [0.717, 1.165) is 65.9 Å². The number of pyridine rings is 1. The highest BCUT2D eigenvalue weighted by molar-refractivity contribution is 7.92. The number of nitrogens with zero attached hydrogens (tertiary/aromatic N) is 2. The Hall–Kier alpha value is -3.52. The Labute approximate surface area is 261 Å². The van der Waals surface area contributed by atoms with Crippen LogP contribution in [0.4, 0.5) is 36.4 Å². The summed E-state index contributed by atoms with van der Waals surface area (Å²) in [6, 6.07) is 8.18. The maximum absolute atomic E-state index is 14.0. The van der Waals surface area contributed by atoms with Crippen LogP contribution in [0.3, 0.4) is 0 Å². The smallest absolute Gasteiger partial charge is 0.369 e. The molecule has 5 rings (SSSR count). The van der Waals surface area contributed by atoms with Crippen molar-refractivity contribution < 1.29 is 49.1 Å². The van der Waals surface area contributed by atoms with Gasteiger partial charge in [0.25, 0.3) is 15.6 Å². The minimum atomic E-state index is -6.13. The molecule has 2 heterocycles. The lowest BCUT2D eigenvalue weighted by molar-refractivity contribution is -0.376. The maximum Gasteiger partial charge on any atom is 0.430 e. The molecule has 6 nitrogen and oxygen atoms in total. The fraction of sp³-hybridized carbons (Fsp3) is 0.438. The number of anilines is 1. The molecule has 14 heteroatoms.